The highest BCUT2D eigenvalue weighted by Gasteiger charge is 2.21. The van der Waals surface area contributed by atoms with Gasteiger partial charge in [0.15, 0.2) is 5.65 Å². The molecule has 14 heavy (non-hydrogen) atoms. The van der Waals surface area contributed by atoms with Crippen molar-refractivity contribution in [2.75, 3.05) is 5.32 Å². The van der Waals surface area contributed by atoms with Crippen LogP contribution in [0.15, 0.2) is 24.5 Å². The SMILES string of the molecule is Ic1cnc2c(NC3CC3)cccn12. The number of hydrogen-bond donors (Lipinski definition) is 1. The van der Waals surface area contributed by atoms with Crippen molar-refractivity contribution in [2.45, 2.75) is 18.9 Å². The van der Waals surface area contributed by atoms with Gasteiger partial charge in [-0.05, 0) is 47.6 Å². The molecule has 0 bridgehead atoms. The molecule has 1 aliphatic carbocycles. The second-order valence-corrected chi connectivity index (χ2v) is 4.72. The van der Waals surface area contributed by atoms with Crippen LogP contribution in [0, 0.1) is 3.70 Å². The van der Waals surface area contributed by atoms with Crippen LogP contribution < -0.4 is 5.32 Å². The fourth-order valence-corrected chi connectivity index (χ4v) is 2.07. The summed E-state index contributed by atoms with van der Waals surface area (Å²) in [6.45, 7) is 0. The Hall–Kier alpha value is -0.780. The molecule has 72 valence electrons. The van der Waals surface area contributed by atoms with E-state index in [4.69, 9.17) is 0 Å². The summed E-state index contributed by atoms with van der Waals surface area (Å²) < 4.78 is 3.25. The minimum atomic E-state index is 0.676. The zero-order valence-corrected chi connectivity index (χ0v) is 9.73. The monoisotopic (exact) mass is 299 g/mol. The van der Waals surface area contributed by atoms with E-state index in [1.165, 1.54) is 12.8 Å². The number of pyridine rings is 1. The summed E-state index contributed by atoms with van der Waals surface area (Å²) in [5.74, 6) is 0. The summed E-state index contributed by atoms with van der Waals surface area (Å²) in [5, 5.41) is 3.49. The van der Waals surface area contributed by atoms with Crippen molar-refractivity contribution in [2.24, 2.45) is 0 Å². The van der Waals surface area contributed by atoms with Gasteiger partial charge in [-0.2, -0.15) is 0 Å². The van der Waals surface area contributed by atoms with Gasteiger partial charge in [0.1, 0.15) is 3.70 Å². The lowest BCUT2D eigenvalue weighted by molar-refractivity contribution is 1.11. The van der Waals surface area contributed by atoms with Crippen LogP contribution in [-0.4, -0.2) is 15.4 Å². The van der Waals surface area contributed by atoms with Gasteiger partial charge in [0, 0.05) is 12.2 Å². The minimum absolute atomic E-state index is 0.676. The van der Waals surface area contributed by atoms with Gasteiger partial charge in [0.25, 0.3) is 0 Å². The molecule has 0 radical (unpaired) electrons. The normalized spacial score (nSPS) is 16.1. The molecule has 3 nitrogen and oxygen atoms in total. The van der Waals surface area contributed by atoms with Gasteiger partial charge in [-0.3, -0.25) is 4.40 Å². The molecular formula is C10H10IN3. The van der Waals surface area contributed by atoms with Gasteiger partial charge in [-0.1, -0.05) is 0 Å². The highest BCUT2D eigenvalue weighted by Crippen LogP contribution is 2.27. The largest absolute Gasteiger partial charge is 0.379 e. The van der Waals surface area contributed by atoms with Crippen LogP contribution in [0.5, 0.6) is 0 Å². The van der Waals surface area contributed by atoms with Crippen LogP contribution in [-0.2, 0) is 0 Å². The first-order chi connectivity index (χ1) is 6.84. The van der Waals surface area contributed by atoms with Gasteiger partial charge in [-0.25, -0.2) is 4.98 Å². The van der Waals surface area contributed by atoms with Crippen molar-refractivity contribution in [3.05, 3.63) is 28.2 Å². The molecule has 0 aromatic carbocycles. The van der Waals surface area contributed by atoms with E-state index in [0.717, 1.165) is 15.0 Å². The van der Waals surface area contributed by atoms with Crippen molar-refractivity contribution in [1.29, 1.82) is 0 Å². The zero-order chi connectivity index (χ0) is 9.54. The molecule has 1 N–H and O–H groups in total. The number of aromatic nitrogens is 2. The van der Waals surface area contributed by atoms with Crippen LogP contribution in [0.25, 0.3) is 5.65 Å². The second-order valence-electron chi connectivity index (χ2n) is 3.62. The summed E-state index contributed by atoms with van der Waals surface area (Å²) >= 11 is 2.29. The predicted molar refractivity (Wildman–Crippen MR) is 64.6 cm³/mol. The molecule has 0 aliphatic heterocycles. The molecular weight excluding hydrogens is 289 g/mol. The third-order valence-corrected chi connectivity index (χ3v) is 3.23. The molecule has 0 saturated heterocycles. The number of anilines is 1. The average molecular weight is 299 g/mol. The summed E-state index contributed by atoms with van der Waals surface area (Å²) in [5.41, 5.74) is 2.18. The Morgan fingerprint density at radius 1 is 1.50 bits per heavy atom. The maximum Gasteiger partial charge on any atom is 0.161 e. The Kier molecular flexibility index (Phi) is 1.90. The smallest absolute Gasteiger partial charge is 0.161 e. The van der Waals surface area contributed by atoms with Crippen molar-refractivity contribution in [3.63, 3.8) is 0 Å². The van der Waals surface area contributed by atoms with E-state index in [1.807, 2.05) is 12.4 Å². The fraction of sp³-hybridized carbons (Fsp3) is 0.300. The Labute approximate surface area is 95.7 Å². The lowest BCUT2D eigenvalue weighted by Crippen LogP contribution is -2.02. The maximum absolute atomic E-state index is 4.39. The Bertz CT molecular complexity index is 473. The molecule has 0 amide bonds. The Morgan fingerprint density at radius 3 is 3.14 bits per heavy atom. The van der Waals surface area contributed by atoms with Gasteiger partial charge in [0.05, 0.1) is 11.9 Å². The Morgan fingerprint density at radius 2 is 2.36 bits per heavy atom. The number of nitrogens with one attached hydrogen (secondary N) is 1. The molecule has 4 heteroatoms. The molecule has 2 heterocycles. The number of fused-ring (bicyclic) bond motifs is 1. The highest BCUT2D eigenvalue weighted by atomic mass is 127. The molecule has 0 atom stereocenters. The summed E-state index contributed by atoms with van der Waals surface area (Å²) in [7, 11) is 0. The zero-order valence-electron chi connectivity index (χ0n) is 7.57. The standard InChI is InChI=1S/C10H10IN3/c11-9-6-12-10-8(13-7-3-4-7)2-1-5-14(9)10/h1-2,5-7,13H,3-4H2. The van der Waals surface area contributed by atoms with Crippen molar-refractivity contribution < 1.29 is 0 Å². The molecule has 0 unspecified atom stereocenters. The third kappa shape index (κ3) is 1.37. The molecule has 1 saturated carbocycles. The quantitative estimate of drug-likeness (QED) is 0.863. The number of rotatable bonds is 2. The third-order valence-electron chi connectivity index (χ3n) is 2.43. The van der Waals surface area contributed by atoms with Gasteiger partial charge in [0.2, 0.25) is 0 Å². The molecule has 3 rings (SSSR count). The first-order valence-corrected chi connectivity index (χ1v) is 5.80. The lowest BCUT2D eigenvalue weighted by Gasteiger charge is -2.05. The lowest BCUT2D eigenvalue weighted by atomic mass is 10.4. The number of halogens is 1. The van der Waals surface area contributed by atoms with Crippen LogP contribution >= 0.6 is 22.6 Å². The summed E-state index contributed by atoms with van der Waals surface area (Å²) in [4.78, 5) is 4.39. The van der Waals surface area contributed by atoms with E-state index >= 15 is 0 Å². The van der Waals surface area contributed by atoms with Crippen LogP contribution in [0.1, 0.15) is 12.8 Å². The topological polar surface area (TPSA) is 29.3 Å². The average Bonchev–Trinajstić information content (AvgIpc) is 2.92. The molecule has 1 aliphatic rings. The van der Waals surface area contributed by atoms with E-state index in [9.17, 15) is 0 Å². The summed E-state index contributed by atoms with van der Waals surface area (Å²) in [6, 6.07) is 4.83. The number of hydrogen-bond acceptors (Lipinski definition) is 2. The van der Waals surface area contributed by atoms with E-state index in [1.54, 1.807) is 0 Å². The highest BCUT2D eigenvalue weighted by molar-refractivity contribution is 14.1. The van der Waals surface area contributed by atoms with Gasteiger partial charge in [-0.15, -0.1) is 0 Å². The van der Waals surface area contributed by atoms with Crippen molar-refractivity contribution in [3.8, 4) is 0 Å². The van der Waals surface area contributed by atoms with E-state index in [0.29, 0.717) is 6.04 Å². The molecule has 2 aromatic rings. The first-order valence-electron chi connectivity index (χ1n) is 4.73. The molecule has 1 fully saturated rings. The summed E-state index contributed by atoms with van der Waals surface area (Å²) in [6.07, 6.45) is 6.52. The van der Waals surface area contributed by atoms with Gasteiger partial charge >= 0.3 is 0 Å². The molecule has 2 aromatic heterocycles. The van der Waals surface area contributed by atoms with E-state index < -0.39 is 0 Å². The minimum Gasteiger partial charge on any atom is -0.379 e. The van der Waals surface area contributed by atoms with Gasteiger partial charge < -0.3 is 5.32 Å². The Balaban J connectivity index is 2.12. The van der Waals surface area contributed by atoms with E-state index in [-0.39, 0.29) is 0 Å². The van der Waals surface area contributed by atoms with Crippen LogP contribution in [0.2, 0.25) is 0 Å². The van der Waals surface area contributed by atoms with Crippen LogP contribution in [0.3, 0.4) is 0 Å². The number of imidazole rings is 1. The van der Waals surface area contributed by atoms with Crippen molar-refractivity contribution in [1.82, 2.24) is 9.38 Å². The fourth-order valence-electron chi connectivity index (χ4n) is 1.54. The van der Waals surface area contributed by atoms with Crippen LogP contribution in [0.4, 0.5) is 5.69 Å². The number of nitrogens with zero attached hydrogens (tertiary/aromatic N) is 2. The van der Waals surface area contributed by atoms with E-state index in [2.05, 4.69) is 49.4 Å². The maximum atomic E-state index is 4.39. The van der Waals surface area contributed by atoms with Crippen molar-refractivity contribution >= 4 is 33.9 Å². The second kappa shape index (κ2) is 3.12. The first kappa shape index (κ1) is 8.52. The molecule has 0 spiro atoms. The predicted octanol–water partition coefficient (Wildman–Crippen LogP) is 2.51.